The van der Waals surface area contributed by atoms with Crippen molar-refractivity contribution in [3.05, 3.63) is 22.4 Å². The number of thiophene rings is 1. The second-order valence-electron chi connectivity index (χ2n) is 7.04. The van der Waals surface area contributed by atoms with E-state index in [4.69, 9.17) is 9.73 Å². The Balaban J connectivity index is 1.70. The minimum atomic E-state index is 0.362. The van der Waals surface area contributed by atoms with Crippen molar-refractivity contribution in [3.8, 4) is 0 Å². The number of aliphatic imine (C=N–C) groups is 1. The van der Waals surface area contributed by atoms with Crippen molar-refractivity contribution < 1.29 is 4.74 Å². The number of hydrogen-bond donors (Lipinski definition) is 1. The number of hydrogen-bond acceptors (Lipinski definition) is 4. The average Bonchev–Trinajstić information content (AvgIpc) is 3.17. The third kappa shape index (κ3) is 5.19. The Kier molecular flexibility index (Phi) is 7.13. The molecule has 5 nitrogen and oxygen atoms in total. The van der Waals surface area contributed by atoms with Gasteiger partial charge in [0.05, 0.1) is 25.8 Å². The molecule has 0 aromatic carbocycles. The molecule has 2 saturated heterocycles. The van der Waals surface area contributed by atoms with E-state index >= 15 is 0 Å². The molecule has 0 bridgehead atoms. The van der Waals surface area contributed by atoms with E-state index in [1.54, 1.807) is 0 Å². The Bertz CT molecular complexity index is 520. The van der Waals surface area contributed by atoms with Crippen LogP contribution in [0.2, 0.25) is 0 Å². The first-order chi connectivity index (χ1) is 12.3. The van der Waals surface area contributed by atoms with Crippen LogP contribution in [0, 0.1) is 5.92 Å². The first-order valence-corrected chi connectivity index (χ1v) is 10.5. The van der Waals surface area contributed by atoms with Gasteiger partial charge in [0.15, 0.2) is 5.96 Å². The van der Waals surface area contributed by atoms with Crippen LogP contribution in [0.15, 0.2) is 22.5 Å². The standard InChI is InChI=1S/C19H32N4OS/c1-3-20-19(23-8-6-16(2)7-9-23)21-15-17(18-5-4-14-25-18)22-10-12-24-13-11-22/h4-5,14,16-17H,3,6-13,15H2,1-2H3,(H,20,21). The maximum absolute atomic E-state index is 5.54. The minimum absolute atomic E-state index is 0.362. The number of rotatable bonds is 5. The van der Waals surface area contributed by atoms with E-state index in [0.29, 0.717) is 6.04 Å². The molecule has 25 heavy (non-hydrogen) atoms. The Morgan fingerprint density at radius 1 is 1.32 bits per heavy atom. The van der Waals surface area contributed by atoms with Gasteiger partial charge >= 0.3 is 0 Å². The molecular formula is C19H32N4OS. The molecule has 0 amide bonds. The maximum Gasteiger partial charge on any atom is 0.193 e. The van der Waals surface area contributed by atoms with Gasteiger partial charge in [0.25, 0.3) is 0 Å². The molecule has 3 rings (SSSR count). The van der Waals surface area contributed by atoms with Gasteiger partial charge in [0, 0.05) is 37.6 Å². The topological polar surface area (TPSA) is 40.1 Å². The smallest absolute Gasteiger partial charge is 0.193 e. The summed E-state index contributed by atoms with van der Waals surface area (Å²) in [5.41, 5.74) is 0. The second-order valence-corrected chi connectivity index (χ2v) is 8.02. The second kappa shape index (κ2) is 9.55. The number of nitrogens with zero attached hydrogens (tertiary/aromatic N) is 3. The van der Waals surface area contributed by atoms with Gasteiger partial charge in [-0.25, -0.2) is 0 Å². The van der Waals surface area contributed by atoms with Gasteiger partial charge in [0.1, 0.15) is 0 Å². The number of morpholine rings is 1. The maximum atomic E-state index is 5.54. The highest BCUT2D eigenvalue weighted by molar-refractivity contribution is 7.10. The third-order valence-electron chi connectivity index (χ3n) is 5.19. The Morgan fingerprint density at radius 3 is 2.72 bits per heavy atom. The zero-order chi connectivity index (χ0) is 17.5. The van der Waals surface area contributed by atoms with Gasteiger partial charge in [-0.3, -0.25) is 9.89 Å². The minimum Gasteiger partial charge on any atom is -0.379 e. The highest BCUT2D eigenvalue weighted by atomic mass is 32.1. The molecular weight excluding hydrogens is 332 g/mol. The predicted molar refractivity (Wildman–Crippen MR) is 105 cm³/mol. The summed E-state index contributed by atoms with van der Waals surface area (Å²) in [5, 5.41) is 5.68. The Labute approximate surface area is 156 Å². The number of guanidine groups is 1. The Hall–Kier alpha value is -1.11. The molecule has 140 valence electrons. The van der Waals surface area contributed by atoms with Gasteiger partial charge < -0.3 is 15.0 Å². The molecule has 2 aliphatic rings. The SMILES string of the molecule is CCNC(=NCC(c1cccs1)N1CCOCC1)N1CCC(C)CC1. The molecule has 2 fully saturated rings. The number of ether oxygens (including phenoxy) is 1. The lowest BCUT2D eigenvalue weighted by Gasteiger charge is -2.35. The fourth-order valence-corrected chi connectivity index (χ4v) is 4.43. The normalized spacial score (nSPS) is 22.2. The van der Waals surface area contributed by atoms with Crippen LogP contribution in [0.4, 0.5) is 0 Å². The van der Waals surface area contributed by atoms with Gasteiger partial charge in [0.2, 0.25) is 0 Å². The summed E-state index contributed by atoms with van der Waals surface area (Å²) in [6.07, 6.45) is 2.53. The Morgan fingerprint density at radius 2 is 2.08 bits per heavy atom. The lowest BCUT2D eigenvalue weighted by molar-refractivity contribution is 0.0186. The lowest BCUT2D eigenvalue weighted by atomic mass is 9.99. The molecule has 1 atom stereocenters. The zero-order valence-electron chi connectivity index (χ0n) is 15.6. The summed E-state index contributed by atoms with van der Waals surface area (Å²) in [6, 6.07) is 4.76. The van der Waals surface area contributed by atoms with Crippen molar-refractivity contribution in [2.45, 2.75) is 32.7 Å². The van der Waals surface area contributed by atoms with Crippen LogP contribution in [0.1, 0.15) is 37.6 Å². The summed E-state index contributed by atoms with van der Waals surface area (Å²) in [6.45, 7) is 12.1. The first kappa shape index (κ1) is 18.7. The van der Waals surface area contributed by atoms with Crippen LogP contribution in [-0.2, 0) is 4.74 Å². The molecule has 2 aliphatic heterocycles. The third-order valence-corrected chi connectivity index (χ3v) is 6.16. The summed E-state index contributed by atoms with van der Waals surface area (Å²) in [5.74, 6) is 1.93. The summed E-state index contributed by atoms with van der Waals surface area (Å²) in [4.78, 5) is 11.4. The molecule has 0 aliphatic carbocycles. The molecule has 1 aromatic heterocycles. The highest BCUT2D eigenvalue weighted by Crippen LogP contribution is 2.26. The van der Waals surface area contributed by atoms with Crippen LogP contribution >= 0.6 is 11.3 Å². The molecule has 1 aromatic rings. The molecule has 1 unspecified atom stereocenters. The summed E-state index contributed by atoms with van der Waals surface area (Å²) < 4.78 is 5.54. The van der Waals surface area contributed by atoms with E-state index < -0.39 is 0 Å². The number of likely N-dealkylation sites (tertiary alicyclic amines) is 1. The fourth-order valence-electron chi connectivity index (χ4n) is 3.57. The average molecular weight is 365 g/mol. The van der Waals surface area contributed by atoms with E-state index in [1.807, 2.05) is 11.3 Å². The predicted octanol–water partition coefficient (Wildman–Crippen LogP) is 2.82. The van der Waals surface area contributed by atoms with Crippen molar-refractivity contribution in [1.29, 1.82) is 0 Å². The molecule has 3 heterocycles. The van der Waals surface area contributed by atoms with Crippen molar-refractivity contribution in [1.82, 2.24) is 15.1 Å². The monoisotopic (exact) mass is 364 g/mol. The van der Waals surface area contributed by atoms with Gasteiger partial charge in [-0.2, -0.15) is 0 Å². The molecule has 6 heteroatoms. The van der Waals surface area contributed by atoms with E-state index in [-0.39, 0.29) is 0 Å². The van der Waals surface area contributed by atoms with E-state index in [2.05, 4.69) is 46.5 Å². The zero-order valence-corrected chi connectivity index (χ0v) is 16.4. The lowest BCUT2D eigenvalue weighted by Crippen LogP contribution is -2.46. The highest BCUT2D eigenvalue weighted by Gasteiger charge is 2.24. The van der Waals surface area contributed by atoms with Gasteiger partial charge in [-0.05, 0) is 37.1 Å². The molecule has 0 radical (unpaired) electrons. The van der Waals surface area contributed by atoms with Gasteiger partial charge in [-0.15, -0.1) is 11.3 Å². The van der Waals surface area contributed by atoms with E-state index in [9.17, 15) is 0 Å². The van der Waals surface area contributed by atoms with Crippen molar-refractivity contribution in [3.63, 3.8) is 0 Å². The van der Waals surface area contributed by atoms with Crippen LogP contribution < -0.4 is 5.32 Å². The fraction of sp³-hybridized carbons (Fsp3) is 0.737. The van der Waals surface area contributed by atoms with Crippen molar-refractivity contribution >= 4 is 17.3 Å². The van der Waals surface area contributed by atoms with Crippen molar-refractivity contribution in [2.75, 3.05) is 52.5 Å². The van der Waals surface area contributed by atoms with E-state index in [1.165, 1.54) is 17.7 Å². The summed E-state index contributed by atoms with van der Waals surface area (Å²) in [7, 11) is 0. The van der Waals surface area contributed by atoms with Crippen molar-refractivity contribution in [2.24, 2.45) is 10.9 Å². The quantitative estimate of drug-likeness (QED) is 0.644. The van der Waals surface area contributed by atoms with Crippen LogP contribution in [-0.4, -0.2) is 68.2 Å². The first-order valence-electron chi connectivity index (χ1n) is 9.66. The molecule has 0 saturated carbocycles. The molecule has 0 spiro atoms. The largest absolute Gasteiger partial charge is 0.379 e. The van der Waals surface area contributed by atoms with Crippen LogP contribution in [0.3, 0.4) is 0 Å². The van der Waals surface area contributed by atoms with Gasteiger partial charge in [-0.1, -0.05) is 13.0 Å². The van der Waals surface area contributed by atoms with Crippen LogP contribution in [0.5, 0.6) is 0 Å². The number of piperidine rings is 1. The summed E-state index contributed by atoms with van der Waals surface area (Å²) >= 11 is 1.84. The number of nitrogens with one attached hydrogen (secondary N) is 1. The van der Waals surface area contributed by atoms with E-state index in [0.717, 1.165) is 64.4 Å². The van der Waals surface area contributed by atoms with Crippen LogP contribution in [0.25, 0.3) is 0 Å². The molecule has 1 N–H and O–H groups in total.